The normalized spacial score (nSPS) is 9.73. The number of benzene rings is 1. The minimum absolute atomic E-state index is 0.0236. The van der Waals surface area contributed by atoms with Crippen molar-refractivity contribution in [1.29, 1.82) is 0 Å². The number of carbonyl (C=O) groups is 1. The van der Waals surface area contributed by atoms with Gasteiger partial charge in [-0.2, -0.15) is 0 Å². The van der Waals surface area contributed by atoms with Gasteiger partial charge in [-0.3, -0.25) is 4.79 Å². The summed E-state index contributed by atoms with van der Waals surface area (Å²) in [5.41, 5.74) is 5.67. The fourth-order valence-electron chi connectivity index (χ4n) is 1.03. The highest BCUT2D eigenvalue weighted by atomic mass is 19.1. The number of hydrogen-bond acceptors (Lipinski definition) is 3. The van der Waals surface area contributed by atoms with Crippen LogP contribution in [0.1, 0.15) is 6.92 Å². The Balaban J connectivity index is 2.54. The average molecular weight is 212 g/mol. The van der Waals surface area contributed by atoms with E-state index in [0.717, 1.165) is 6.07 Å². The van der Waals surface area contributed by atoms with Gasteiger partial charge in [-0.1, -0.05) is 0 Å². The van der Waals surface area contributed by atoms with Gasteiger partial charge in [0, 0.05) is 18.3 Å². The molecule has 1 aromatic carbocycles. The van der Waals surface area contributed by atoms with Crippen molar-refractivity contribution in [3.8, 4) is 5.75 Å². The molecule has 0 atom stereocenters. The lowest BCUT2D eigenvalue weighted by molar-refractivity contribution is -0.123. The lowest BCUT2D eigenvalue weighted by atomic mass is 10.3. The van der Waals surface area contributed by atoms with Crippen LogP contribution in [0.15, 0.2) is 18.2 Å². The minimum Gasteiger partial charge on any atom is -0.481 e. The fraction of sp³-hybridized carbons (Fsp3) is 0.300. The molecule has 1 rings (SSSR count). The minimum atomic E-state index is -0.570. The van der Waals surface area contributed by atoms with E-state index in [1.165, 1.54) is 12.1 Å². The maximum absolute atomic E-state index is 13.2. The third kappa shape index (κ3) is 3.46. The number of nitrogens with one attached hydrogen (secondary N) is 1. The number of hydrogen-bond donors (Lipinski definition) is 2. The zero-order valence-corrected chi connectivity index (χ0v) is 8.42. The van der Waals surface area contributed by atoms with Gasteiger partial charge in [0.25, 0.3) is 5.91 Å². The molecule has 0 bridgehead atoms. The van der Waals surface area contributed by atoms with Crippen molar-refractivity contribution in [3.05, 3.63) is 24.0 Å². The molecule has 0 heterocycles. The second-order valence-corrected chi connectivity index (χ2v) is 2.93. The maximum Gasteiger partial charge on any atom is 0.257 e. The SMILES string of the molecule is CCNC(=O)COc1ccc(N)cc1F. The molecule has 4 nitrogen and oxygen atoms in total. The van der Waals surface area contributed by atoms with Crippen LogP contribution < -0.4 is 15.8 Å². The molecule has 0 aliphatic rings. The topological polar surface area (TPSA) is 64.3 Å². The molecule has 1 amide bonds. The Kier molecular flexibility index (Phi) is 3.91. The zero-order valence-electron chi connectivity index (χ0n) is 8.42. The third-order valence-corrected chi connectivity index (χ3v) is 1.69. The van der Waals surface area contributed by atoms with Gasteiger partial charge in [0.2, 0.25) is 0 Å². The summed E-state index contributed by atoms with van der Waals surface area (Å²) < 4.78 is 18.1. The van der Waals surface area contributed by atoms with E-state index in [9.17, 15) is 9.18 Å². The summed E-state index contributed by atoms with van der Waals surface area (Å²) in [5.74, 6) is -0.830. The Morgan fingerprint density at radius 2 is 2.33 bits per heavy atom. The van der Waals surface area contributed by atoms with E-state index in [-0.39, 0.29) is 18.3 Å². The Bertz CT molecular complexity index is 355. The maximum atomic E-state index is 13.2. The van der Waals surface area contributed by atoms with Crippen molar-refractivity contribution < 1.29 is 13.9 Å². The average Bonchev–Trinajstić information content (AvgIpc) is 2.17. The summed E-state index contributed by atoms with van der Waals surface area (Å²) in [7, 11) is 0. The predicted molar refractivity (Wildman–Crippen MR) is 55.0 cm³/mol. The van der Waals surface area contributed by atoms with Crippen LogP contribution in [0.5, 0.6) is 5.75 Å². The van der Waals surface area contributed by atoms with Crippen molar-refractivity contribution in [3.63, 3.8) is 0 Å². The van der Waals surface area contributed by atoms with Crippen molar-refractivity contribution in [1.82, 2.24) is 5.32 Å². The van der Waals surface area contributed by atoms with E-state index in [2.05, 4.69) is 5.32 Å². The molecule has 0 unspecified atom stereocenters. The first-order chi connectivity index (χ1) is 7.13. The monoisotopic (exact) mass is 212 g/mol. The van der Waals surface area contributed by atoms with Crippen LogP contribution in [0.25, 0.3) is 0 Å². The molecule has 3 N–H and O–H groups in total. The Labute approximate surface area is 87.2 Å². The number of likely N-dealkylation sites (N-methyl/N-ethyl adjacent to an activating group) is 1. The van der Waals surface area contributed by atoms with Crippen molar-refractivity contribution in [2.24, 2.45) is 0 Å². The van der Waals surface area contributed by atoms with Gasteiger partial charge in [0.1, 0.15) is 0 Å². The van der Waals surface area contributed by atoms with Gasteiger partial charge in [-0.05, 0) is 19.1 Å². The molecule has 15 heavy (non-hydrogen) atoms. The van der Waals surface area contributed by atoms with Gasteiger partial charge < -0.3 is 15.8 Å². The number of rotatable bonds is 4. The molecule has 0 saturated heterocycles. The Morgan fingerprint density at radius 3 is 2.93 bits per heavy atom. The molecule has 1 aromatic rings. The van der Waals surface area contributed by atoms with Crippen LogP contribution in [0.3, 0.4) is 0 Å². The first kappa shape index (κ1) is 11.3. The van der Waals surface area contributed by atoms with Crippen LogP contribution in [0.4, 0.5) is 10.1 Å². The Morgan fingerprint density at radius 1 is 1.60 bits per heavy atom. The fourth-order valence-corrected chi connectivity index (χ4v) is 1.03. The molecule has 0 aliphatic carbocycles. The van der Waals surface area contributed by atoms with E-state index in [1.54, 1.807) is 6.92 Å². The highest BCUT2D eigenvalue weighted by molar-refractivity contribution is 5.77. The highest BCUT2D eigenvalue weighted by Crippen LogP contribution is 2.18. The lowest BCUT2D eigenvalue weighted by Crippen LogP contribution is -2.28. The molecule has 0 spiro atoms. The summed E-state index contributed by atoms with van der Waals surface area (Å²) in [5, 5.41) is 2.54. The van der Waals surface area contributed by atoms with Crippen LogP contribution >= 0.6 is 0 Å². The number of amides is 1. The summed E-state index contributed by atoms with van der Waals surface area (Å²) in [4.78, 5) is 11.0. The zero-order chi connectivity index (χ0) is 11.3. The van der Waals surface area contributed by atoms with Crippen LogP contribution in [0, 0.1) is 5.82 Å². The van der Waals surface area contributed by atoms with Crippen LogP contribution in [-0.2, 0) is 4.79 Å². The summed E-state index contributed by atoms with van der Waals surface area (Å²) in [6, 6.07) is 4.05. The third-order valence-electron chi connectivity index (χ3n) is 1.69. The molecule has 82 valence electrons. The molecular formula is C10H13FN2O2. The molecule has 0 saturated carbocycles. The number of nitrogen functional groups attached to an aromatic ring is 1. The number of halogens is 1. The highest BCUT2D eigenvalue weighted by Gasteiger charge is 2.06. The molecular weight excluding hydrogens is 199 g/mol. The van der Waals surface area contributed by atoms with E-state index in [4.69, 9.17) is 10.5 Å². The van der Waals surface area contributed by atoms with E-state index in [0.29, 0.717) is 12.2 Å². The van der Waals surface area contributed by atoms with Crippen LogP contribution in [0.2, 0.25) is 0 Å². The van der Waals surface area contributed by atoms with Crippen molar-refractivity contribution >= 4 is 11.6 Å². The second kappa shape index (κ2) is 5.19. The molecule has 0 aromatic heterocycles. The van der Waals surface area contributed by atoms with Gasteiger partial charge in [0.15, 0.2) is 18.2 Å². The van der Waals surface area contributed by atoms with E-state index < -0.39 is 5.82 Å². The molecule has 0 fully saturated rings. The lowest BCUT2D eigenvalue weighted by Gasteiger charge is -2.07. The van der Waals surface area contributed by atoms with Gasteiger partial charge >= 0.3 is 0 Å². The molecule has 0 radical (unpaired) electrons. The largest absolute Gasteiger partial charge is 0.481 e. The predicted octanol–water partition coefficient (Wildman–Crippen LogP) is 0.923. The second-order valence-electron chi connectivity index (χ2n) is 2.93. The number of carbonyl (C=O) groups excluding carboxylic acids is 1. The summed E-state index contributed by atoms with van der Waals surface area (Å²) in [6.45, 7) is 2.11. The number of nitrogens with two attached hydrogens (primary N) is 1. The van der Waals surface area contributed by atoms with Gasteiger partial charge in [0.05, 0.1) is 0 Å². The Hall–Kier alpha value is -1.78. The van der Waals surface area contributed by atoms with Crippen molar-refractivity contribution in [2.75, 3.05) is 18.9 Å². The summed E-state index contributed by atoms with van der Waals surface area (Å²) >= 11 is 0. The number of ether oxygens (including phenoxy) is 1. The van der Waals surface area contributed by atoms with Crippen molar-refractivity contribution in [2.45, 2.75) is 6.92 Å². The molecule has 0 aliphatic heterocycles. The standard InChI is InChI=1S/C10H13FN2O2/c1-2-13-10(14)6-15-9-4-3-7(12)5-8(9)11/h3-5H,2,6,12H2,1H3,(H,13,14). The van der Waals surface area contributed by atoms with Gasteiger partial charge in [-0.15, -0.1) is 0 Å². The number of anilines is 1. The molecule has 5 heteroatoms. The quantitative estimate of drug-likeness (QED) is 0.729. The van der Waals surface area contributed by atoms with E-state index >= 15 is 0 Å². The van der Waals surface area contributed by atoms with E-state index in [1.807, 2.05) is 0 Å². The van der Waals surface area contributed by atoms with Crippen LogP contribution in [-0.4, -0.2) is 19.1 Å². The first-order valence-corrected chi connectivity index (χ1v) is 4.58. The first-order valence-electron chi connectivity index (χ1n) is 4.58. The van der Waals surface area contributed by atoms with Gasteiger partial charge in [-0.25, -0.2) is 4.39 Å². The summed E-state index contributed by atoms with van der Waals surface area (Å²) in [6.07, 6.45) is 0. The smallest absolute Gasteiger partial charge is 0.257 e.